The van der Waals surface area contributed by atoms with Crippen LogP contribution in [-0.4, -0.2) is 38.8 Å². The van der Waals surface area contributed by atoms with Gasteiger partial charge in [0.2, 0.25) is 0 Å². The Balaban J connectivity index is 0.00000784. The van der Waals surface area contributed by atoms with Crippen molar-refractivity contribution < 1.29 is 26.2 Å². The smallest absolute Gasteiger partial charge is 0.137 e. The molecular formula is C26H48BrNO. The molecule has 1 aromatic carbocycles. The summed E-state index contributed by atoms with van der Waals surface area (Å²) in [5.41, 5.74) is 1.42. The fourth-order valence-corrected chi connectivity index (χ4v) is 3.58. The number of rotatable bonds is 18. The molecule has 0 aromatic heterocycles. The Kier molecular flexibility index (Phi) is 17.9. The van der Waals surface area contributed by atoms with Crippen molar-refractivity contribution in [3.05, 3.63) is 29.8 Å². The fraction of sp³-hybridized carbons (Fsp3) is 0.769. The van der Waals surface area contributed by atoms with Crippen LogP contribution >= 0.6 is 0 Å². The molecule has 1 aromatic rings. The molecule has 29 heavy (non-hydrogen) atoms. The van der Waals surface area contributed by atoms with Gasteiger partial charge in [-0.1, -0.05) is 96.1 Å². The largest absolute Gasteiger partial charge is 1.00 e. The lowest BCUT2D eigenvalue weighted by Gasteiger charge is -2.23. The molecule has 0 amide bonds. The van der Waals surface area contributed by atoms with Crippen LogP contribution in [0, 0.1) is 0 Å². The number of aryl methyl sites for hydroxylation is 1. The van der Waals surface area contributed by atoms with E-state index in [1.165, 1.54) is 95.5 Å². The summed E-state index contributed by atoms with van der Waals surface area (Å²) in [5, 5.41) is 0. The molecule has 0 radical (unpaired) electrons. The predicted molar refractivity (Wildman–Crippen MR) is 124 cm³/mol. The SMILES string of the molecule is CCCCCCCCCCCCCCCc1cccc(OCC[N+](C)(C)C)c1.[Br-]. The van der Waals surface area contributed by atoms with E-state index in [-0.39, 0.29) is 17.0 Å². The van der Waals surface area contributed by atoms with Crippen molar-refractivity contribution in [2.24, 2.45) is 0 Å². The van der Waals surface area contributed by atoms with Crippen LogP contribution in [0.3, 0.4) is 0 Å². The van der Waals surface area contributed by atoms with Crippen molar-refractivity contribution in [2.75, 3.05) is 34.3 Å². The standard InChI is InChI=1S/C26H48NO.BrH/c1-5-6-7-8-9-10-11-12-13-14-15-16-17-19-25-20-18-21-26(24-25)28-23-22-27(2,3)4;/h18,20-21,24H,5-17,19,22-23H2,1-4H3;1H/q+1;/p-1. The number of hydrogen-bond donors (Lipinski definition) is 0. The Morgan fingerprint density at radius 2 is 1.24 bits per heavy atom. The molecule has 0 aliphatic rings. The lowest BCUT2D eigenvalue weighted by molar-refractivity contribution is -0.870. The highest BCUT2D eigenvalue weighted by molar-refractivity contribution is 5.28. The second-order valence-corrected chi connectivity index (χ2v) is 9.50. The summed E-state index contributed by atoms with van der Waals surface area (Å²) >= 11 is 0. The summed E-state index contributed by atoms with van der Waals surface area (Å²) in [6.07, 6.45) is 19.6. The lowest BCUT2D eigenvalue weighted by Crippen LogP contribution is -3.00. The van der Waals surface area contributed by atoms with E-state index in [1.54, 1.807) is 0 Å². The van der Waals surface area contributed by atoms with Crippen molar-refractivity contribution in [1.29, 1.82) is 0 Å². The third kappa shape index (κ3) is 18.0. The summed E-state index contributed by atoms with van der Waals surface area (Å²) in [4.78, 5) is 0. The molecule has 0 N–H and O–H groups in total. The maximum atomic E-state index is 5.93. The van der Waals surface area contributed by atoms with Crippen LogP contribution in [0.15, 0.2) is 24.3 Å². The second kappa shape index (κ2) is 18.2. The molecule has 170 valence electrons. The van der Waals surface area contributed by atoms with Gasteiger partial charge in [0.1, 0.15) is 18.9 Å². The molecule has 0 atom stereocenters. The van der Waals surface area contributed by atoms with E-state index in [4.69, 9.17) is 4.74 Å². The minimum absolute atomic E-state index is 0. The lowest BCUT2D eigenvalue weighted by atomic mass is 10.0. The van der Waals surface area contributed by atoms with Gasteiger partial charge in [-0.05, 0) is 30.5 Å². The highest BCUT2D eigenvalue weighted by Gasteiger charge is 2.06. The Labute approximate surface area is 192 Å². The molecule has 0 saturated heterocycles. The zero-order valence-corrected chi connectivity index (χ0v) is 21.4. The van der Waals surface area contributed by atoms with Gasteiger partial charge in [-0.2, -0.15) is 0 Å². The summed E-state index contributed by atoms with van der Waals surface area (Å²) in [6.45, 7) is 4.11. The molecule has 0 bridgehead atoms. The van der Waals surface area contributed by atoms with Crippen molar-refractivity contribution in [3.8, 4) is 5.75 Å². The average Bonchev–Trinajstić information content (AvgIpc) is 2.65. The van der Waals surface area contributed by atoms with Crippen LogP contribution in [0.25, 0.3) is 0 Å². The third-order valence-electron chi connectivity index (χ3n) is 5.50. The molecule has 3 heteroatoms. The first-order chi connectivity index (χ1) is 13.5. The quantitative estimate of drug-likeness (QED) is 0.228. The number of ether oxygens (including phenoxy) is 1. The summed E-state index contributed by atoms with van der Waals surface area (Å²) < 4.78 is 6.87. The molecule has 0 aliphatic carbocycles. The predicted octanol–water partition coefficient (Wildman–Crippen LogP) is 4.41. The van der Waals surface area contributed by atoms with E-state index in [0.717, 1.165) is 23.4 Å². The van der Waals surface area contributed by atoms with E-state index < -0.39 is 0 Å². The molecule has 0 fully saturated rings. The first-order valence-corrected chi connectivity index (χ1v) is 12.0. The summed E-state index contributed by atoms with van der Waals surface area (Å²) in [5.74, 6) is 1.03. The van der Waals surface area contributed by atoms with Crippen molar-refractivity contribution >= 4 is 0 Å². The fourth-order valence-electron chi connectivity index (χ4n) is 3.58. The number of benzene rings is 1. The van der Waals surface area contributed by atoms with E-state index in [1.807, 2.05) is 0 Å². The maximum absolute atomic E-state index is 5.93. The average molecular weight is 471 g/mol. The van der Waals surface area contributed by atoms with Gasteiger partial charge in [-0.25, -0.2) is 0 Å². The number of likely N-dealkylation sites (N-methyl/N-ethyl adjacent to an activating group) is 1. The molecule has 1 rings (SSSR count). The van der Waals surface area contributed by atoms with Crippen LogP contribution < -0.4 is 21.7 Å². The second-order valence-electron chi connectivity index (χ2n) is 9.50. The van der Waals surface area contributed by atoms with Gasteiger partial charge in [0.05, 0.1) is 21.1 Å². The van der Waals surface area contributed by atoms with Crippen LogP contribution in [0.2, 0.25) is 0 Å². The van der Waals surface area contributed by atoms with Gasteiger partial charge in [0, 0.05) is 0 Å². The first-order valence-electron chi connectivity index (χ1n) is 12.0. The van der Waals surface area contributed by atoms with Crippen molar-refractivity contribution in [2.45, 2.75) is 96.8 Å². The normalized spacial score (nSPS) is 11.3. The maximum Gasteiger partial charge on any atom is 0.137 e. The topological polar surface area (TPSA) is 9.23 Å². The molecule has 2 nitrogen and oxygen atoms in total. The van der Waals surface area contributed by atoms with E-state index in [9.17, 15) is 0 Å². The Morgan fingerprint density at radius 3 is 1.76 bits per heavy atom. The van der Waals surface area contributed by atoms with Crippen molar-refractivity contribution in [1.82, 2.24) is 0 Å². The van der Waals surface area contributed by atoms with Gasteiger partial charge in [0.15, 0.2) is 0 Å². The molecule has 0 heterocycles. The number of unbranched alkanes of at least 4 members (excludes halogenated alkanes) is 12. The van der Waals surface area contributed by atoms with Gasteiger partial charge in [0.25, 0.3) is 0 Å². The molecular weight excluding hydrogens is 422 g/mol. The molecule has 0 unspecified atom stereocenters. The van der Waals surface area contributed by atoms with E-state index >= 15 is 0 Å². The van der Waals surface area contributed by atoms with Gasteiger partial charge in [-0.3, -0.25) is 0 Å². The number of nitrogens with zero attached hydrogens (tertiary/aromatic N) is 1. The third-order valence-corrected chi connectivity index (χ3v) is 5.50. The summed E-state index contributed by atoms with van der Waals surface area (Å²) in [7, 11) is 6.61. The van der Waals surface area contributed by atoms with E-state index in [2.05, 4.69) is 52.3 Å². The van der Waals surface area contributed by atoms with Crippen molar-refractivity contribution in [3.63, 3.8) is 0 Å². The van der Waals surface area contributed by atoms with Crippen LogP contribution in [0.1, 0.15) is 96.0 Å². The monoisotopic (exact) mass is 469 g/mol. The molecule has 0 aliphatic heterocycles. The first kappa shape index (κ1) is 28.5. The minimum atomic E-state index is 0. The van der Waals surface area contributed by atoms with Crippen LogP contribution in [0.5, 0.6) is 5.75 Å². The number of hydrogen-bond acceptors (Lipinski definition) is 1. The number of halogens is 1. The van der Waals surface area contributed by atoms with Gasteiger partial charge < -0.3 is 26.2 Å². The molecule has 0 saturated carbocycles. The Hall–Kier alpha value is -0.540. The van der Waals surface area contributed by atoms with Crippen LogP contribution in [0.4, 0.5) is 0 Å². The zero-order valence-electron chi connectivity index (χ0n) is 19.9. The minimum Gasteiger partial charge on any atom is -1.00 e. The van der Waals surface area contributed by atoms with Gasteiger partial charge >= 0.3 is 0 Å². The Bertz CT molecular complexity index is 484. The molecule has 0 spiro atoms. The van der Waals surface area contributed by atoms with E-state index in [0.29, 0.717) is 0 Å². The zero-order chi connectivity index (χ0) is 20.5. The Morgan fingerprint density at radius 1 is 0.724 bits per heavy atom. The number of quaternary nitrogens is 1. The summed E-state index contributed by atoms with van der Waals surface area (Å²) in [6, 6.07) is 8.70. The highest BCUT2D eigenvalue weighted by Crippen LogP contribution is 2.17. The van der Waals surface area contributed by atoms with Crippen LogP contribution in [-0.2, 0) is 6.42 Å². The highest BCUT2D eigenvalue weighted by atomic mass is 79.9. The van der Waals surface area contributed by atoms with Gasteiger partial charge in [-0.15, -0.1) is 0 Å².